The van der Waals surface area contributed by atoms with Crippen molar-refractivity contribution in [3.8, 4) is 11.5 Å². The van der Waals surface area contributed by atoms with Crippen molar-refractivity contribution < 1.29 is 19.4 Å². The molecule has 0 heterocycles. The van der Waals surface area contributed by atoms with Crippen LogP contribution < -0.4 is 9.47 Å². The van der Waals surface area contributed by atoms with Crippen LogP contribution in [0, 0.1) is 0 Å². The van der Waals surface area contributed by atoms with E-state index in [0.717, 1.165) is 15.7 Å². The molecule has 0 atom stereocenters. The molecule has 0 unspecified atom stereocenters. The normalized spacial score (nSPS) is 10.4. The van der Waals surface area contributed by atoms with Gasteiger partial charge in [0.25, 0.3) is 0 Å². The Morgan fingerprint density at radius 2 is 1.74 bits per heavy atom. The Kier molecular flexibility index (Phi) is 4.16. The Morgan fingerprint density at radius 1 is 1.11 bits per heavy atom. The highest BCUT2D eigenvalue weighted by atomic mass is 32.2. The number of carbonyl (C=O) groups is 1. The summed E-state index contributed by atoms with van der Waals surface area (Å²) in [6.07, 6.45) is 0. The van der Waals surface area contributed by atoms with Crippen LogP contribution in [0.4, 0.5) is 0 Å². The highest BCUT2D eigenvalue weighted by molar-refractivity contribution is 8.00. The van der Waals surface area contributed by atoms with E-state index in [4.69, 9.17) is 14.6 Å². The summed E-state index contributed by atoms with van der Waals surface area (Å²) in [7, 11) is 3.19. The first-order valence-electron chi connectivity index (χ1n) is 5.64. The minimum atomic E-state index is -0.822. The van der Waals surface area contributed by atoms with E-state index in [0.29, 0.717) is 11.5 Å². The summed E-state index contributed by atoms with van der Waals surface area (Å²) in [4.78, 5) is 11.5. The first kappa shape index (κ1) is 13.5. The summed E-state index contributed by atoms with van der Waals surface area (Å²) >= 11 is 1.30. The van der Waals surface area contributed by atoms with E-state index in [1.54, 1.807) is 14.2 Å². The maximum absolute atomic E-state index is 10.6. The molecular weight excluding hydrogens is 264 g/mol. The number of hydrogen-bond acceptors (Lipinski definition) is 4. The van der Waals surface area contributed by atoms with Crippen LogP contribution in [0.3, 0.4) is 0 Å². The number of methoxy groups -OCH3 is 2. The van der Waals surface area contributed by atoms with Crippen molar-refractivity contribution in [3.05, 3.63) is 30.3 Å². The average molecular weight is 278 g/mol. The average Bonchev–Trinajstić information content (AvgIpc) is 2.43. The number of thioether (sulfide) groups is 1. The fraction of sp³-hybridized carbons (Fsp3) is 0.214. The Hall–Kier alpha value is -1.88. The lowest BCUT2D eigenvalue weighted by molar-refractivity contribution is -0.133. The number of rotatable bonds is 5. The van der Waals surface area contributed by atoms with Gasteiger partial charge in [-0.3, -0.25) is 4.79 Å². The third-order valence-electron chi connectivity index (χ3n) is 2.68. The molecule has 19 heavy (non-hydrogen) atoms. The van der Waals surface area contributed by atoms with Crippen molar-refractivity contribution >= 4 is 28.5 Å². The number of fused-ring (bicyclic) bond motifs is 1. The van der Waals surface area contributed by atoms with Crippen LogP contribution >= 0.6 is 11.8 Å². The van der Waals surface area contributed by atoms with Gasteiger partial charge < -0.3 is 14.6 Å². The van der Waals surface area contributed by atoms with Crippen LogP contribution in [-0.4, -0.2) is 31.0 Å². The second-order valence-electron chi connectivity index (χ2n) is 3.90. The van der Waals surface area contributed by atoms with Gasteiger partial charge >= 0.3 is 5.97 Å². The van der Waals surface area contributed by atoms with Gasteiger partial charge in [-0.25, -0.2) is 0 Å². The minimum absolute atomic E-state index is 0.0544. The van der Waals surface area contributed by atoms with Gasteiger partial charge in [-0.15, -0.1) is 11.8 Å². The molecule has 0 aromatic heterocycles. The zero-order valence-corrected chi connectivity index (χ0v) is 11.5. The molecule has 0 aliphatic carbocycles. The largest absolute Gasteiger partial charge is 0.493 e. The number of benzene rings is 2. The van der Waals surface area contributed by atoms with E-state index in [1.165, 1.54) is 11.8 Å². The molecule has 0 amide bonds. The summed E-state index contributed by atoms with van der Waals surface area (Å²) < 4.78 is 10.5. The van der Waals surface area contributed by atoms with Gasteiger partial charge in [0.15, 0.2) is 11.5 Å². The first-order valence-corrected chi connectivity index (χ1v) is 6.63. The molecule has 0 saturated carbocycles. The van der Waals surface area contributed by atoms with E-state index < -0.39 is 5.97 Å². The Bertz CT molecular complexity index is 610. The van der Waals surface area contributed by atoms with E-state index in [2.05, 4.69) is 0 Å². The topological polar surface area (TPSA) is 55.8 Å². The Morgan fingerprint density at radius 3 is 2.32 bits per heavy atom. The van der Waals surface area contributed by atoms with Crippen molar-refractivity contribution in [3.63, 3.8) is 0 Å². The maximum Gasteiger partial charge on any atom is 0.313 e. The predicted molar refractivity (Wildman–Crippen MR) is 75.4 cm³/mol. The summed E-state index contributed by atoms with van der Waals surface area (Å²) in [6.45, 7) is 0. The van der Waals surface area contributed by atoms with E-state index in [9.17, 15) is 4.79 Å². The molecule has 2 aromatic carbocycles. The molecule has 0 spiro atoms. The Labute approximate surface area is 115 Å². The highest BCUT2D eigenvalue weighted by Crippen LogP contribution is 2.33. The van der Waals surface area contributed by atoms with Crippen LogP contribution in [0.15, 0.2) is 35.2 Å². The Balaban J connectivity index is 2.39. The molecular formula is C14H14O4S. The monoisotopic (exact) mass is 278 g/mol. The van der Waals surface area contributed by atoms with Crippen molar-refractivity contribution in [1.82, 2.24) is 0 Å². The van der Waals surface area contributed by atoms with Gasteiger partial charge in [0.2, 0.25) is 0 Å². The fourth-order valence-corrected chi connectivity index (χ4v) is 2.45. The highest BCUT2D eigenvalue weighted by Gasteiger charge is 2.07. The second kappa shape index (κ2) is 5.84. The molecule has 0 saturated heterocycles. The third-order valence-corrected chi connectivity index (χ3v) is 3.65. The van der Waals surface area contributed by atoms with Gasteiger partial charge in [-0.1, -0.05) is 6.07 Å². The molecule has 4 nitrogen and oxygen atoms in total. The predicted octanol–water partition coefficient (Wildman–Crippen LogP) is 3.03. The van der Waals surface area contributed by atoms with Crippen molar-refractivity contribution in [1.29, 1.82) is 0 Å². The van der Waals surface area contributed by atoms with E-state index in [1.807, 2.05) is 30.3 Å². The zero-order valence-electron chi connectivity index (χ0n) is 10.7. The van der Waals surface area contributed by atoms with Crippen molar-refractivity contribution in [2.24, 2.45) is 0 Å². The van der Waals surface area contributed by atoms with Crippen molar-refractivity contribution in [2.45, 2.75) is 4.90 Å². The minimum Gasteiger partial charge on any atom is -0.493 e. The van der Waals surface area contributed by atoms with E-state index >= 15 is 0 Å². The van der Waals surface area contributed by atoms with Gasteiger partial charge in [-0.05, 0) is 35.0 Å². The number of ether oxygens (including phenoxy) is 2. The van der Waals surface area contributed by atoms with E-state index in [-0.39, 0.29) is 5.75 Å². The lowest BCUT2D eigenvalue weighted by Crippen LogP contribution is -1.97. The molecule has 1 N–H and O–H groups in total. The van der Waals surface area contributed by atoms with Gasteiger partial charge in [-0.2, -0.15) is 0 Å². The van der Waals surface area contributed by atoms with Gasteiger partial charge in [0.1, 0.15) is 0 Å². The standard InChI is InChI=1S/C14H14O4S/c1-17-12-6-9-3-4-11(19-8-14(15)16)5-10(9)7-13(12)18-2/h3-7H,8H2,1-2H3,(H,15,16). The number of aliphatic carboxylic acids is 1. The molecule has 0 fully saturated rings. The van der Waals surface area contributed by atoms with Crippen LogP contribution in [0.1, 0.15) is 0 Å². The molecule has 0 aliphatic rings. The van der Waals surface area contributed by atoms with Gasteiger partial charge in [0.05, 0.1) is 20.0 Å². The molecule has 0 radical (unpaired) electrons. The lowest BCUT2D eigenvalue weighted by Gasteiger charge is -2.10. The SMILES string of the molecule is COc1cc2ccc(SCC(=O)O)cc2cc1OC. The van der Waals surface area contributed by atoms with Crippen LogP contribution in [0.25, 0.3) is 10.8 Å². The number of hydrogen-bond donors (Lipinski definition) is 1. The molecule has 0 bridgehead atoms. The van der Waals surface area contributed by atoms with Gasteiger partial charge in [0, 0.05) is 4.90 Å². The van der Waals surface area contributed by atoms with Crippen molar-refractivity contribution in [2.75, 3.05) is 20.0 Å². The quantitative estimate of drug-likeness (QED) is 0.852. The summed E-state index contributed by atoms with van der Waals surface area (Å²) in [5, 5.41) is 10.7. The molecule has 2 rings (SSSR count). The fourth-order valence-electron chi connectivity index (χ4n) is 1.79. The molecule has 2 aromatic rings. The third kappa shape index (κ3) is 3.12. The summed E-state index contributed by atoms with van der Waals surface area (Å²) in [6, 6.07) is 9.59. The molecule has 100 valence electrons. The summed E-state index contributed by atoms with van der Waals surface area (Å²) in [5.41, 5.74) is 0. The molecule has 0 aliphatic heterocycles. The number of carboxylic acids is 1. The lowest BCUT2D eigenvalue weighted by atomic mass is 10.1. The number of carboxylic acid groups (broad SMARTS) is 1. The second-order valence-corrected chi connectivity index (χ2v) is 4.95. The maximum atomic E-state index is 10.6. The van der Waals surface area contributed by atoms with Crippen LogP contribution in [0.5, 0.6) is 11.5 Å². The summed E-state index contributed by atoms with van der Waals surface area (Å²) in [5.74, 6) is 0.576. The first-order chi connectivity index (χ1) is 9.13. The van der Waals surface area contributed by atoms with Crippen LogP contribution in [-0.2, 0) is 4.79 Å². The van der Waals surface area contributed by atoms with Crippen LogP contribution in [0.2, 0.25) is 0 Å². The zero-order chi connectivity index (χ0) is 13.8. The smallest absolute Gasteiger partial charge is 0.313 e. The molecule has 5 heteroatoms.